The Kier molecular flexibility index (Phi) is 5.18. The molecule has 0 bridgehead atoms. The summed E-state index contributed by atoms with van der Waals surface area (Å²) < 4.78 is 5.21. The van der Waals surface area contributed by atoms with Crippen LogP contribution in [0.15, 0.2) is 0 Å². The van der Waals surface area contributed by atoms with Crippen molar-refractivity contribution < 1.29 is 14.3 Å². The monoisotopic (exact) mass is 300 g/mol. The Balaban J connectivity index is 1.68. The van der Waals surface area contributed by atoms with Crippen molar-refractivity contribution >= 4 is 23.8 Å². The fourth-order valence-electron chi connectivity index (χ4n) is 2.73. The predicted molar refractivity (Wildman–Crippen MR) is 79.7 cm³/mol. The molecule has 2 amide bonds. The number of carbonyl (C=O) groups excluding carboxylic acids is 2. The molecule has 2 saturated heterocycles. The van der Waals surface area contributed by atoms with Gasteiger partial charge in [0.25, 0.3) is 0 Å². The highest BCUT2D eigenvalue weighted by atomic mass is 32.2. The number of ether oxygens (including phenoxy) is 1. The molecule has 1 unspecified atom stereocenters. The fraction of sp³-hybridized carbons (Fsp3) is 0.857. The quantitative estimate of drug-likeness (QED) is 0.581. The molecule has 0 aromatic carbocycles. The molecule has 2 aliphatic rings. The summed E-state index contributed by atoms with van der Waals surface area (Å²) in [5.41, 5.74) is 0. The summed E-state index contributed by atoms with van der Waals surface area (Å²) in [5.74, 6) is 0.836. The molecule has 0 aromatic rings. The van der Waals surface area contributed by atoms with E-state index in [1.807, 2.05) is 32.5 Å². The van der Waals surface area contributed by atoms with Crippen LogP contribution in [-0.4, -0.2) is 41.2 Å². The van der Waals surface area contributed by atoms with Gasteiger partial charge in [0, 0.05) is 11.0 Å². The van der Waals surface area contributed by atoms with Crippen LogP contribution in [0.2, 0.25) is 0 Å². The van der Waals surface area contributed by atoms with E-state index in [0.29, 0.717) is 5.25 Å². The van der Waals surface area contributed by atoms with Crippen LogP contribution >= 0.6 is 11.8 Å². The number of fused-ring (bicyclic) bond motifs is 1. The number of carbonyl (C=O) groups is 2. The van der Waals surface area contributed by atoms with Crippen LogP contribution in [0.1, 0.15) is 40.0 Å². The second kappa shape index (κ2) is 6.70. The first-order chi connectivity index (χ1) is 9.47. The third-order valence-electron chi connectivity index (χ3n) is 3.82. The molecule has 4 atom stereocenters. The minimum atomic E-state index is -0.104. The average Bonchev–Trinajstić information content (AvgIpc) is 2.88. The highest BCUT2D eigenvalue weighted by molar-refractivity contribution is 8.00. The van der Waals surface area contributed by atoms with Gasteiger partial charge in [-0.25, -0.2) is 4.79 Å². The summed E-state index contributed by atoms with van der Waals surface area (Å²) in [4.78, 5) is 23.0. The number of esters is 1. The SMILES string of the molecule is CC(C)OC(=O)C(C)CCC[C@@H]1SC[C@@H]2NC(=O)N[C@@H]21. The van der Waals surface area contributed by atoms with Gasteiger partial charge in [-0.3, -0.25) is 4.79 Å². The average molecular weight is 300 g/mol. The second-order valence-electron chi connectivity index (χ2n) is 5.94. The smallest absolute Gasteiger partial charge is 0.315 e. The van der Waals surface area contributed by atoms with Crippen molar-refractivity contribution in [2.75, 3.05) is 5.75 Å². The van der Waals surface area contributed by atoms with E-state index in [0.717, 1.165) is 25.0 Å². The van der Waals surface area contributed by atoms with Gasteiger partial charge in [-0.15, -0.1) is 0 Å². The minimum Gasteiger partial charge on any atom is -0.463 e. The van der Waals surface area contributed by atoms with Crippen molar-refractivity contribution in [2.24, 2.45) is 5.92 Å². The maximum atomic E-state index is 11.7. The Morgan fingerprint density at radius 3 is 2.85 bits per heavy atom. The molecule has 0 aliphatic carbocycles. The van der Waals surface area contributed by atoms with E-state index in [4.69, 9.17) is 4.74 Å². The first kappa shape index (κ1) is 15.5. The summed E-state index contributed by atoms with van der Waals surface area (Å²) in [7, 11) is 0. The topological polar surface area (TPSA) is 67.4 Å². The molecule has 2 aliphatic heterocycles. The van der Waals surface area contributed by atoms with Crippen molar-refractivity contribution in [3.8, 4) is 0 Å². The number of hydrogen-bond donors (Lipinski definition) is 2. The summed E-state index contributed by atoms with van der Waals surface area (Å²) in [6.45, 7) is 5.67. The highest BCUT2D eigenvalue weighted by Gasteiger charge is 2.42. The van der Waals surface area contributed by atoms with E-state index in [2.05, 4.69) is 10.6 Å². The van der Waals surface area contributed by atoms with E-state index in [1.54, 1.807) is 0 Å². The zero-order chi connectivity index (χ0) is 14.7. The molecular formula is C14H24N2O3S. The lowest BCUT2D eigenvalue weighted by Gasteiger charge is -2.18. The molecule has 0 spiro atoms. The Labute approximate surface area is 124 Å². The lowest BCUT2D eigenvalue weighted by Crippen LogP contribution is -2.36. The van der Waals surface area contributed by atoms with Crippen LogP contribution in [0.3, 0.4) is 0 Å². The van der Waals surface area contributed by atoms with Gasteiger partial charge in [-0.2, -0.15) is 11.8 Å². The number of hydrogen-bond acceptors (Lipinski definition) is 4. The largest absolute Gasteiger partial charge is 0.463 e. The van der Waals surface area contributed by atoms with Gasteiger partial charge in [-0.1, -0.05) is 13.3 Å². The third kappa shape index (κ3) is 3.81. The van der Waals surface area contributed by atoms with E-state index in [9.17, 15) is 9.59 Å². The Morgan fingerprint density at radius 2 is 2.15 bits per heavy atom. The standard InChI is InChI=1S/C14H24N2O3S/c1-8(2)19-13(17)9(3)5-4-6-11-12-10(7-20-11)15-14(18)16-12/h8-12H,4-7H2,1-3H3,(H2,15,16,18)/t9?,10-,11-,12-/m0/s1. The first-order valence-electron chi connectivity index (χ1n) is 7.36. The van der Waals surface area contributed by atoms with Gasteiger partial charge < -0.3 is 15.4 Å². The molecule has 114 valence electrons. The number of thioether (sulfide) groups is 1. The Morgan fingerprint density at radius 1 is 1.40 bits per heavy atom. The first-order valence-corrected chi connectivity index (χ1v) is 8.41. The number of nitrogens with one attached hydrogen (secondary N) is 2. The van der Waals surface area contributed by atoms with Crippen LogP contribution in [0, 0.1) is 5.92 Å². The zero-order valence-corrected chi connectivity index (χ0v) is 13.2. The normalized spacial score (nSPS) is 29.8. The summed E-state index contributed by atoms with van der Waals surface area (Å²) in [5, 5.41) is 6.40. The van der Waals surface area contributed by atoms with Gasteiger partial charge >= 0.3 is 12.0 Å². The van der Waals surface area contributed by atoms with Gasteiger partial charge in [0.15, 0.2) is 0 Å². The van der Waals surface area contributed by atoms with E-state index in [1.165, 1.54) is 0 Å². The molecule has 2 rings (SSSR count). The van der Waals surface area contributed by atoms with Crippen LogP contribution in [0.4, 0.5) is 4.79 Å². The molecule has 2 fully saturated rings. The molecule has 5 nitrogen and oxygen atoms in total. The fourth-order valence-corrected chi connectivity index (χ4v) is 4.28. The summed E-state index contributed by atoms with van der Waals surface area (Å²) in [6, 6.07) is 0.491. The summed E-state index contributed by atoms with van der Waals surface area (Å²) >= 11 is 1.91. The van der Waals surface area contributed by atoms with Crippen molar-refractivity contribution in [1.82, 2.24) is 10.6 Å². The summed E-state index contributed by atoms with van der Waals surface area (Å²) in [6.07, 6.45) is 2.83. The molecule has 0 saturated carbocycles. The predicted octanol–water partition coefficient (Wildman–Crippen LogP) is 1.91. The number of amides is 2. The lowest BCUT2D eigenvalue weighted by molar-refractivity contribution is -0.152. The van der Waals surface area contributed by atoms with Crippen molar-refractivity contribution in [3.63, 3.8) is 0 Å². The van der Waals surface area contributed by atoms with Crippen molar-refractivity contribution in [1.29, 1.82) is 0 Å². The highest BCUT2D eigenvalue weighted by Crippen LogP contribution is 2.33. The van der Waals surface area contributed by atoms with E-state index in [-0.39, 0.29) is 36.1 Å². The van der Waals surface area contributed by atoms with Crippen LogP contribution < -0.4 is 10.6 Å². The Bertz CT molecular complexity index is 375. The molecule has 0 radical (unpaired) electrons. The maximum Gasteiger partial charge on any atom is 0.315 e. The zero-order valence-electron chi connectivity index (χ0n) is 12.3. The van der Waals surface area contributed by atoms with Crippen LogP contribution in [0.25, 0.3) is 0 Å². The maximum absolute atomic E-state index is 11.7. The van der Waals surface area contributed by atoms with Crippen molar-refractivity contribution in [2.45, 2.75) is 63.5 Å². The second-order valence-corrected chi connectivity index (χ2v) is 7.21. The molecule has 0 aromatic heterocycles. The molecule has 20 heavy (non-hydrogen) atoms. The van der Waals surface area contributed by atoms with Gasteiger partial charge in [0.2, 0.25) is 0 Å². The van der Waals surface area contributed by atoms with E-state index < -0.39 is 0 Å². The van der Waals surface area contributed by atoms with Crippen molar-refractivity contribution in [3.05, 3.63) is 0 Å². The van der Waals surface area contributed by atoms with Crippen LogP contribution in [-0.2, 0) is 9.53 Å². The molecule has 2 heterocycles. The lowest BCUT2D eigenvalue weighted by atomic mass is 9.99. The van der Waals surface area contributed by atoms with Gasteiger partial charge in [-0.05, 0) is 26.7 Å². The van der Waals surface area contributed by atoms with Gasteiger partial charge in [0.05, 0.1) is 24.1 Å². The molecule has 6 heteroatoms. The number of rotatable bonds is 6. The van der Waals surface area contributed by atoms with Crippen LogP contribution in [0.5, 0.6) is 0 Å². The van der Waals surface area contributed by atoms with E-state index >= 15 is 0 Å². The number of urea groups is 1. The van der Waals surface area contributed by atoms with Gasteiger partial charge in [0.1, 0.15) is 0 Å². The Hall–Kier alpha value is -0.910. The minimum absolute atomic E-state index is 0.0424. The molecule has 2 N–H and O–H groups in total. The third-order valence-corrected chi connectivity index (χ3v) is 5.33. The molecular weight excluding hydrogens is 276 g/mol.